The van der Waals surface area contributed by atoms with Gasteiger partial charge in [0.25, 0.3) is 5.91 Å². The number of morpholine rings is 1. The summed E-state index contributed by atoms with van der Waals surface area (Å²) in [5.41, 5.74) is 3.88. The highest BCUT2D eigenvalue weighted by Gasteiger charge is 2.23. The summed E-state index contributed by atoms with van der Waals surface area (Å²) < 4.78 is 21.5. The molecule has 8 nitrogen and oxygen atoms in total. The number of anilines is 2. The first kappa shape index (κ1) is 27.7. The van der Waals surface area contributed by atoms with Crippen LogP contribution in [0.25, 0.3) is 16.7 Å². The molecule has 0 radical (unpaired) electrons. The number of nitrogens with zero attached hydrogens (tertiary/aromatic N) is 3. The highest BCUT2D eigenvalue weighted by molar-refractivity contribution is 7.14. The minimum Gasteiger partial charge on any atom is -0.373 e. The first-order valence-electron chi connectivity index (χ1n) is 13.2. The molecule has 0 saturated carbocycles. The molecule has 0 bridgehead atoms. The second-order valence-electron chi connectivity index (χ2n) is 10.1. The zero-order valence-corrected chi connectivity index (χ0v) is 23.5. The number of thiophene rings is 1. The average molecular weight is 562 g/mol. The molecule has 0 spiro atoms. The van der Waals surface area contributed by atoms with Gasteiger partial charge in [0.2, 0.25) is 11.9 Å². The van der Waals surface area contributed by atoms with E-state index in [1.54, 1.807) is 24.3 Å². The van der Waals surface area contributed by atoms with Gasteiger partial charge in [-0.1, -0.05) is 18.7 Å². The number of aromatic nitrogens is 2. The molecule has 1 unspecified atom stereocenters. The van der Waals surface area contributed by atoms with Gasteiger partial charge in [0.1, 0.15) is 6.17 Å². The van der Waals surface area contributed by atoms with Crippen LogP contribution in [-0.2, 0) is 16.1 Å². The number of imidazole rings is 1. The quantitative estimate of drug-likeness (QED) is 0.254. The van der Waals surface area contributed by atoms with Crippen LogP contribution in [0, 0.1) is 0 Å². The van der Waals surface area contributed by atoms with E-state index in [9.17, 15) is 14.0 Å². The van der Waals surface area contributed by atoms with Gasteiger partial charge >= 0.3 is 0 Å². The Labute approximate surface area is 236 Å². The maximum Gasteiger partial charge on any atom is 0.268 e. The molecule has 40 heavy (non-hydrogen) atoms. The maximum absolute atomic E-state index is 13.8. The van der Waals surface area contributed by atoms with Crippen molar-refractivity contribution in [2.75, 3.05) is 23.7 Å². The van der Waals surface area contributed by atoms with E-state index >= 15 is 0 Å². The first-order valence-corrected chi connectivity index (χ1v) is 14.0. The Kier molecular flexibility index (Phi) is 8.11. The van der Waals surface area contributed by atoms with Crippen LogP contribution in [0.3, 0.4) is 0 Å². The van der Waals surface area contributed by atoms with Crippen molar-refractivity contribution in [3.05, 3.63) is 82.6 Å². The van der Waals surface area contributed by atoms with Crippen molar-refractivity contribution in [3.63, 3.8) is 0 Å². The van der Waals surface area contributed by atoms with E-state index < -0.39 is 6.17 Å². The van der Waals surface area contributed by atoms with Crippen LogP contribution in [0.1, 0.15) is 47.1 Å². The number of ether oxygens (including phenoxy) is 1. The summed E-state index contributed by atoms with van der Waals surface area (Å²) >= 11 is 1.11. The molecular formula is C30H32FN5O3S. The third-order valence-corrected chi connectivity index (χ3v) is 7.88. The van der Waals surface area contributed by atoms with Gasteiger partial charge in [0.05, 0.1) is 33.8 Å². The van der Waals surface area contributed by atoms with Crippen LogP contribution >= 0.6 is 11.3 Å². The third kappa shape index (κ3) is 6.14. The molecule has 2 aromatic carbocycles. The van der Waals surface area contributed by atoms with Gasteiger partial charge in [-0.05, 0) is 74.9 Å². The number of fused-ring (bicyclic) bond motifs is 1. The van der Waals surface area contributed by atoms with Crippen LogP contribution in [-0.4, -0.2) is 51.6 Å². The lowest BCUT2D eigenvalue weighted by Gasteiger charge is -2.35. The van der Waals surface area contributed by atoms with E-state index in [1.165, 1.54) is 13.0 Å². The standard InChI is InChI=1S/C30H32FN5O3S/c1-5-28(37)32-22-7-6-8-23(14-22)36-25-10-9-21(17-35-15-18(2)39-19(3)16-35)13-24(25)33-30(36)34-29(38)27-12-11-26(40-27)20(4)31/h5-14,18-20H,1,15-17H2,2-4H3,(H,32,37)(H,33,34,38)/t18-,19+,20?. The van der Waals surface area contributed by atoms with E-state index in [-0.39, 0.29) is 24.0 Å². The average Bonchev–Trinajstić information content (AvgIpc) is 3.53. The number of halogens is 1. The summed E-state index contributed by atoms with van der Waals surface area (Å²) in [6.07, 6.45) is 0.386. The number of benzene rings is 2. The Balaban J connectivity index is 1.52. The van der Waals surface area contributed by atoms with Crippen molar-refractivity contribution in [2.45, 2.75) is 45.7 Å². The van der Waals surface area contributed by atoms with Crippen molar-refractivity contribution in [1.82, 2.24) is 14.5 Å². The molecule has 0 aliphatic carbocycles. The summed E-state index contributed by atoms with van der Waals surface area (Å²) in [7, 11) is 0. The number of rotatable bonds is 8. The second-order valence-corrected chi connectivity index (χ2v) is 11.2. The van der Waals surface area contributed by atoms with Crippen molar-refractivity contribution in [2.24, 2.45) is 0 Å². The fraction of sp³-hybridized carbons (Fsp3) is 0.300. The number of hydrogen-bond donors (Lipinski definition) is 2. The topological polar surface area (TPSA) is 88.5 Å². The smallest absolute Gasteiger partial charge is 0.268 e. The highest BCUT2D eigenvalue weighted by atomic mass is 32.1. The van der Waals surface area contributed by atoms with Crippen LogP contribution < -0.4 is 10.6 Å². The molecule has 3 atom stereocenters. The van der Waals surface area contributed by atoms with Crippen LogP contribution in [0.4, 0.5) is 16.0 Å². The minimum atomic E-state index is -1.15. The summed E-state index contributed by atoms with van der Waals surface area (Å²) in [6.45, 7) is 11.6. The molecule has 2 N–H and O–H groups in total. The first-order chi connectivity index (χ1) is 19.2. The number of alkyl halides is 1. The summed E-state index contributed by atoms with van der Waals surface area (Å²) in [5.74, 6) is -0.379. The Morgan fingerprint density at radius 1 is 1.15 bits per heavy atom. The number of carbonyl (C=O) groups excluding carboxylic acids is 2. The van der Waals surface area contributed by atoms with E-state index in [1.807, 2.05) is 28.8 Å². The lowest BCUT2D eigenvalue weighted by molar-refractivity contribution is -0.111. The van der Waals surface area contributed by atoms with Gasteiger partial charge in [-0.25, -0.2) is 9.37 Å². The van der Waals surface area contributed by atoms with E-state index in [0.29, 0.717) is 32.6 Å². The lowest BCUT2D eigenvalue weighted by atomic mass is 10.1. The molecule has 1 aliphatic heterocycles. The summed E-state index contributed by atoms with van der Waals surface area (Å²) in [5, 5.41) is 5.70. The molecule has 4 aromatic rings. The van der Waals surface area contributed by atoms with Gasteiger partial charge in [-0.2, -0.15) is 0 Å². The maximum atomic E-state index is 13.8. The molecule has 10 heteroatoms. The van der Waals surface area contributed by atoms with Crippen molar-refractivity contribution in [3.8, 4) is 5.69 Å². The number of hydrogen-bond acceptors (Lipinski definition) is 6. The number of amides is 2. The predicted octanol–water partition coefficient (Wildman–Crippen LogP) is 6.10. The SMILES string of the molecule is C=CC(=O)Nc1cccc(-n2c(NC(=O)c3ccc(C(C)F)s3)nc3cc(CN4C[C@@H](C)O[C@@H](C)C4)ccc32)c1. The van der Waals surface area contributed by atoms with Crippen LogP contribution in [0.2, 0.25) is 0 Å². The Hall–Kier alpha value is -3.86. The number of carbonyl (C=O) groups is 2. The van der Waals surface area contributed by atoms with Crippen LogP contribution in [0.5, 0.6) is 0 Å². The Morgan fingerprint density at radius 3 is 2.62 bits per heavy atom. The van der Waals surface area contributed by atoms with E-state index in [2.05, 4.69) is 42.0 Å². The molecule has 1 saturated heterocycles. The molecule has 2 aromatic heterocycles. The second kappa shape index (κ2) is 11.7. The van der Waals surface area contributed by atoms with Gasteiger partial charge in [-0.3, -0.25) is 24.4 Å². The summed E-state index contributed by atoms with van der Waals surface area (Å²) in [4.78, 5) is 33.1. The van der Waals surface area contributed by atoms with Crippen molar-refractivity contribution in [1.29, 1.82) is 0 Å². The van der Waals surface area contributed by atoms with Crippen molar-refractivity contribution < 1.29 is 18.7 Å². The fourth-order valence-corrected chi connectivity index (χ4v) is 5.84. The fourth-order valence-electron chi connectivity index (χ4n) is 5.01. The van der Waals surface area contributed by atoms with Crippen LogP contribution in [0.15, 0.2) is 67.3 Å². The molecule has 5 rings (SSSR count). The summed E-state index contributed by atoms with van der Waals surface area (Å²) in [6, 6.07) is 16.6. The molecule has 208 valence electrons. The molecular weight excluding hydrogens is 529 g/mol. The molecule has 1 aliphatic rings. The van der Waals surface area contributed by atoms with E-state index in [4.69, 9.17) is 9.72 Å². The molecule has 1 fully saturated rings. The highest BCUT2D eigenvalue weighted by Crippen LogP contribution is 2.30. The third-order valence-electron chi connectivity index (χ3n) is 6.65. The molecule has 2 amide bonds. The Morgan fingerprint density at radius 2 is 1.93 bits per heavy atom. The zero-order chi connectivity index (χ0) is 28.4. The monoisotopic (exact) mass is 561 g/mol. The van der Waals surface area contributed by atoms with Gasteiger partial charge in [0, 0.05) is 30.2 Å². The normalized spacial score (nSPS) is 18.4. The van der Waals surface area contributed by atoms with Gasteiger partial charge < -0.3 is 10.1 Å². The molecule has 3 heterocycles. The number of nitrogens with one attached hydrogen (secondary N) is 2. The van der Waals surface area contributed by atoms with Gasteiger partial charge in [0.15, 0.2) is 0 Å². The Bertz CT molecular complexity index is 1550. The van der Waals surface area contributed by atoms with Crippen molar-refractivity contribution >= 4 is 45.8 Å². The zero-order valence-electron chi connectivity index (χ0n) is 22.7. The minimum absolute atomic E-state index is 0.167. The largest absolute Gasteiger partial charge is 0.373 e. The van der Waals surface area contributed by atoms with E-state index in [0.717, 1.165) is 42.1 Å². The lowest BCUT2D eigenvalue weighted by Crippen LogP contribution is -2.44. The van der Waals surface area contributed by atoms with Gasteiger partial charge in [-0.15, -0.1) is 11.3 Å². The predicted molar refractivity (Wildman–Crippen MR) is 157 cm³/mol.